The van der Waals surface area contributed by atoms with Crippen molar-refractivity contribution in [3.8, 4) is 28.1 Å². The van der Waals surface area contributed by atoms with Gasteiger partial charge in [0.15, 0.2) is 5.69 Å². The van der Waals surface area contributed by atoms with Gasteiger partial charge in [-0.15, -0.1) is 0 Å². The molecule has 2 aromatic heterocycles. The minimum Gasteiger partial charge on any atom is -0.465 e. The van der Waals surface area contributed by atoms with Crippen LogP contribution in [0.4, 0.5) is 0 Å². The summed E-state index contributed by atoms with van der Waals surface area (Å²) in [7, 11) is 2.51. The van der Waals surface area contributed by atoms with Gasteiger partial charge >= 0.3 is 11.9 Å². The standard InChI is InChI=1S/C22H18N4O4/c1-29-21(27)18-19(17-11-7-6-10-16(17)14-12-23-24-13-14)25-26(20(18)22(28)30-2)15-8-4-3-5-9-15/h3-13H,1-2H3,(H,23,24). The molecule has 0 amide bonds. The first-order chi connectivity index (χ1) is 14.7. The Hall–Kier alpha value is -4.20. The molecule has 0 bridgehead atoms. The van der Waals surface area contributed by atoms with Gasteiger partial charge in [0.1, 0.15) is 11.3 Å². The minimum atomic E-state index is -0.696. The van der Waals surface area contributed by atoms with Crippen molar-refractivity contribution in [2.75, 3.05) is 14.2 Å². The van der Waals surface area contributed by atoms with E-state index in [4.69, 9.17) is 9.47 Å². The van der Waals surface area contributed by atoms with Crippen LogP contribution in [0.2, 0.25) is 0 Å². The van der Waals surface area contributed by atoms with Gasteiger partial charge in [0, 0.05) is 17.3 Å². The van der Waals surface area contributed by atoms with Crippen LogP contribution in [0, 0.1) is 0 Å². The molecule has 0 spiro atoms. The zero-order valence-corrected chi connectivity index (χ0v) is 16.3. The molecule has 2 heterocycles. The van der Waals surface area contributed by atoms with E-state index in [2.05, 4.69) is 15.3 Å². The minimum absolute atomic E-state index is 0.00690. The monoisotopic (exact) mass is 402 g/mol. The van der Waals surface area contributed by atoms with Crippen LogP contribution in [0.25, 0.3) is 28.1 Å². The number of nitrogens with one attached hydrogen (secondary N) is 1. The highest BCUT2D eigenvalue weighted by atomic mass is 16.5. The van der Waals surface area contributed by atoms with E-state index < -0.39 is 11.9 Å². The number of benzene rings is 2. The lowest BCUT2D eigenvalue weighted by molar-refractivity contribution is 0.0549. The maximum Gasteiger partial charge on any atom is 0.357 e. The van der Waals surface area contributed by atoms with E-state index in [1.807, 2.05) is 42.5 Å². The zero-order chi connectivity index (χ0) is 21.1. The summed E-state index contributed by atoms with van der Waals surface area (Å²) in [6, 6.07) is 16.5. The molecule has 0 aliphatic heterocycles. The average Bonchev–Trinajstić information content (AvgIpc) is 3.47. The summed E-state index contributed by atoms with van der Waals surface area (Å²) >= 11 is 0. The molecule has 0 fully saturated rings. The number of hydrogen-bond donors (Lipinski definition) is 1. The van der Waals surface area contributed by atoms with E-state index in [9.17, 15) is 9.59 Å². The summed E-state index contributed by atoms with van der Waals surface area (Å²) in [5, 5.41) is 11.4. The SMILES string of the molecule is COC(=O)c1c(-c2ccccc2-c2cn[nH]c2)nn(-c2ccccc2)c1C(=O)OC. The van der Waals surface area contributed by atoms with Gasteiger partial charge < -0.3 is 9.47 Å². The molecule has 0 aliphatic carbocycles. The predicted molar refractivity (Wildman–Crippen MR) is 109 cm³/mol. The molecule has 30 heavy (non-hydrogen) atoms. The van der Waals surface area contributed by atoms with Crippen molar-refractivity contribution in [2.24, 2.45) is 0 Å². The molecule has 2 aromatic carbocycles. The van der Waals surface area contributed by atoms with Crippen LogP contribution < -0.4 is 0 Å². The van der Waals surface area contributed by atoms with Gasteiger partial charge in [0.05, 0.1) is 26.1 Å². The van der Waals surface area contributed by atoms with Crippen molar-refractivity contribution in [2.45, 2.75) is 0 Å². The number of nitrogens with zero attached hydrogens (tertiary/aromatic N) is 3. The van der Waals surface area contributed by atoms with E-state index in [1.165, 1.54) is 18.9 Å². The molecule has 4 aromatic rings. The fourth-order valence-electron chi connectivity index (χ4n) is 3.28. The van der Waals surface area contributed by atoms with Crippen molar-refractivity contribution in [1.29, 1.82) is 0 Å². The third kappa shape index (κ3) is 3.24. The number of hydrogen-bond acceptors (Lipinski definition) is 6. The number of aromatic amines is 1. The number of esters is 2. The summed E-state index contributed by atoms with van der Waals surface area (Å²) in [6.45, 7) is 0. The summed E-state index contributed by atoms with van der Waals surface area (Å²) in [4.78, 5) is 25.5. The molecule has 0 saturated heterocycles. The number of aromatic nitrogens is 4. The van der Waals surface area contributed by atoms with Crippen molar-refractivity contribution in [3.05, 3.63) is 78.2 Å². The quantitative estimate of drug-likeness (QED) is 0.513. The van der Waals surface area contributed by atoms with Crippen molar-refractivity contribution >= 4 is 11.9 Å². The Bertz CT molecular complexity index is 1200. The molecular formula is C22H18N4O4. The summed E-state index contributed by atoms with van der Waals surface area (Å²) in [5.74, 6) is -1.38. The van der Waals surface area contributed by atoms with Crippen LogP contribution >= 0.6 is 0 Å². The number of ether oxygens (including phenoxy) is 2. The van der Waals surface area contributed by atoms with E-state index >= 15 is 0 Å². The molecule has 1 N–H and O–H groups in total. The van der Waals surface area contributed by atoms with Gasteiger partial charge in [-0.25, -0.2) is 14.3 Å². The first-order valence-corrected chi connectivity index (χ1v) is 9.09. The van der Waals surface area contributed by atoms with Crippen molar-refractivity contribution in [1.82, 2.24) is 20.0 Å². The van der Waals surface area contributed by atoms with Crippen LogP contribution in [0.3, 0.4) is 0 Å². The van der Waals surface area contributed by atoms with Crippen LogP contribution in [0.5, 0.6) is 0 Å². The van der Waals surface area contributed by atoms with E-state index in [-0.39, 0.29) is 11.3 Å². The second-order valence-electron chi connectivity index (χ2n) is 6.34. The maximum atomic E-state index is 12.8. The summed E-state index contributed by atoms with van der Waals surface area (Å²) in [5.41, 5.74) is 3.20. The van der Waals surface area contributed by atoms with Gasteiger partial charge in [0.2, 0.25) is 0 Å². The van der Waals surface area contributed by atoms with Gasteiger partial charge in [-0.05, 0) is 17.7 Å². The Morgan fingerprint density at radius 2 is 1.57 bits per heavy atom. The normalized spacial score (nSPS) is 10.6. The summed E-state index contributed by atoms with van der Waals surface area (Å²) in [6.07, 6.45) is 3.41. The average molecular weight is 402 g/mol. The molecule has 4 rings (SSSR count). The van der Waals surface area contributed by atoms with Gasteiger partial charge in [-0.2, -0.15) is 10.2 Å². The van der Waals surface area contributed by atoms with Gasteiger partial charge in [-0.1, -0.05) is 42.5 Å². The molecule has 0 unspecified atom stereocenters. The summed E-state index contributed by atoms with van der Waals surface area (Å²) < 4.78 is 11.4. The number of H-pyrrole nitrogens is 1. The maximum absolute atomic E-state index is 12.8. The topological polar surface area (TPSA) is 99.1 Å². The lowest BCUT2D eigenvalue weighted by atomic mass is 9.97. The van der Waals surface area contributed by atoms with Crippen LogP contribution in [0.15, 0.2) is 67.0 Å². The number of carbonyl (C=O) groups is 2. The Kier molecular flexibility index (Phi) is 5.13. The predicted octanol–water partition coefficient (Wildman–Crippen LogP) is 3.50. The third-order valence-corrected chi connectivity index (χ3v) is 4.65. The molecule has 0 saturated carbocycles. The van der Waals surface area contributed by atoms with Crippen LogP contribution in [0.1, 0.15) is 20.8 Å². The molecule has 0 aliphatic rings. The largest absolute Gasteiger partial charge is 0.465 e. The zero-order valence-electron chi connectivity index (χ0n) is 16.3. The second kappa shape index (κ2) is 8.04. The van der Waals surface area contributed by atoms with Crippen molar-refractivity contribution < 1.29 is 19.1 Å². The van der Waals surface area contributed by atoms with Crippen LogP contribution in [-0.2, 0) is 9.47 Å². The second-order valence-corrected chi connectivity index (χ2v) is 6.34. The fourth-order valence-corrected chi connectivity index (χ4v) is 3.28. The number of methoxy groups -OCH3 is 2. The third-order valence-electron chi connectivity index (χ3n) is 4.65. The number of rotatable bonds is 5. The Morgan fingerprint density at radius 3 is 2.20 bits per heavy atom. The molecule has 0 atom stereocenters. The number of carbonyl (C=O) groups excluding carboxylic acids is 2. The Morgan fingerprint density at radius 1 is 0.900 bits per heavy atom. The smallest absolute Gasteiger partial charge is 0.357 e. The number of para-hydroxylation sites is 1. The highest BCUT2D eigenvalue weighted by Crippen LogP contribution is 2.35. The Labute approximate surface area is 172 Å². The first kappa shape index (κ1) is 19.1. The molecule has 150 valence electrons. The first-order valence-electron chi connectivity index (χ1n) is 9.09. The van der Waals surface area contributed by atoms with E-state index in [1.54, 1.807) is 24.5 Å². The molecule has 8 heteroatoms. The van der Waals surface area contributed by atoms with Gasteiger partial charge in [-0.3, -0.25) is 5.10 Å². The lowest BCUT2D eigenvalue weighted by Crippen LogP contribution is -2.15. The molecule has 8 nitrogen and oxygen atoms in total. The van der Waals surface area contributed by atoms with Crippen LogP contribution in [-0.4, -0.2) is 46.1 Å². The molecular weight excluding hydrogens is 384 g/mol. The molecule has 0 radical (unpaired) electrons. The highest BCUT2D eigenvalue weighted by Gasteiger charge is 2.32. The Balaban J connectivity index is 2.06. The van der Waals surface area contributed by atoms with E-state index in [0.29, 0.717) is 16.9 Å². The van der Waals surface area contributed by atoms with Crippen molar-refractivity contribution in [3.63, 3.8) is 0 Å². The van der Waals surface area contributed by atoms with Gasteiger partial charge in [0.25, 0.3) is 0 Å². The highest BCUT2D eigenvalue weighted by molar-refractivity contribution is 6.07. The lowest BCUT2D eigenvalue weighted by Gasteiger charge is -2.08. The van der Waals surface area contributed by atoms with E-state index in [0.717, 1.165) is 11.1 Å². The fraction of sp³-hybridized carbons (Fsp3) is 0.0909.